The number of morpholine rings is 1. The summed E-state index contributed by atoms with van der Waals surface area (Å²) in [6.07, 6.45) is 11.6. The molecule has 216 valence electrons. The monoisotopic (exact) mass is 561 g/mol. The number of aliphatic hydroxyl groups is 1. The van der Waals surface area contributed by atoms with E-state index >= 15 is 0 Å². The normalized spacial score (nSPS) is 36.0. The first-order valence-corrected chi connectivity index (χ1v) is 15.5. The SMILES string of the molecule is CC[C@H](C)[C@H](CO)N1C(=O)[C@@H]2[C@H]3C(=O)OCCCC/C=C\[C@H]3S[C@@]23C=CCN(CCN2CCOCC2)C(=O)C13. The van der Waals surface area contributed by atoms with E-state index in [0.717, 1.165) is 45.3 Å². The van der Waals surface area contributed by atoms with Gasteiger partial charge >= 0.3 is 5.97 Å². The van der Waals surface area contributed by atoms with Crippen LogP contribution in [-0.2, 0) is 23.9 Å². The van der Waals surface area contributed by atoms with E-state index in [1.807, 2.05) is 30.9 Å². The number of aliphatic hydroxyl groups excluding tert-OH is 1. The molecule has 0 radical (unpaired) electrons. The van der Waals surface area contributed by atoms with Crippen molar-refractivity contribution in [2.24, 2.45) is 17.8 Å². The summed E-state index contributed by atoms with van der Waals surface area (Å²) in [4.78, 5) is 48.2. The van der Waals surface area contributed by atoms with Crippen LogP contribution < -0.4 is 0 Å². The van der Waals surface area contributed by atoms with Crippen LogP contribution in [-0.4, -0.2) is 119 Å². The summed E-state index contributed by atoms with van der Waals surface area (Å²) in [6, 6.07) is -1.29. The minimum Gasteiger partial charge on any atom is -0.465 e. The van der Waals surface area contributed by atoms with Gasteiger partial charge in [0.2, 0.25) is 11.8 Å². The van der Waals surface area contributed by atoms with Crippen molar-refractivity contribution in [1.29, 1.82) is 0 Å². The number of carbonyl (C=O) groups is 3. The van der Waals surface area contributed by atoms with Crippen LogP contribution in [0.15, 0.2) is 24.3 Å². The second-order valence-electron chi connectivity index (χ2n) is 11.5. The van der Waals surface area contributed by atoms with Crippen LogP contribution in [0, 0.1) is 17.8 Å². The molecule has 1 unspecified atom stereocenters. The largest absolute Gasteiger partial charge is 0.465 e. The van der Waals surface area contributed by atoms with Crippen molar-refractivity contribution in [3.8, 4) is 0 Å². The summed E-state index contributed by atoms with van der Waals surface area (Å²) in [7, 11) is 0. The number of ether oxygens (including phenoxy) is 2. The van der Waals surface area contributed by atoms with Gasteiger partial charge in [0.15, 0.2) is 0 Å². The Kier molecular flexibility index (Phi) is 9.05. The maximum atomic E-state index is 14.5. The van der Waals surface area contributed by atoms with Gasteiger partial charge in [0.1, 0.15) is 6.04 Å². The number of cyclic esters (lactones) is 1. The Bertz CT molecular complexity index is 984. The third-order valence-corrected chi connectivity index (χ3v) is 11.0. The summed E-state index contributed by atoms with van der Waals surface area (Å²) >= 11 is 1.57. The van der Waals surface area contributed by atoms with Gasteiger partial charge in [0.05, 0.1) is 49.1 Å². The van der Waals surface area contributed by atoms with Crippen molar-refractivity contribution in [2.75, 3.05) is 59.2 Å². The highest BCUT2D eigenvalue weighted by atomic mass is 32.2. The zero-order valence-corrected chi connectivity index (χ0v) is 24.0. The standard InChI is InChI=1S/C29H43N3O6S/c1-3-20(2)21(19-33)32-25-27(35)31(13-12-30-14-17-37-18-15-30)11-8-10-29(25)24(26(32)34)23-22(39-29)9-6-4-5-7-16-38-28(23)36/h6,8-10,20-25,33H,3-5,7,11-19H2,1-2H3/b9-6-/t20-,21-,22+,23-,24-,25?,29-/m0/s1. The summed E-state index contributed by atoms with van der Waals surface area (Å²) in [5, 5.41) is 10.3. The molecule has 5 rings (SSSR count). The third-order valence-electron chi connectivity index (χ3n) is 9.26. The fraction of sp³-hybridized carbons (Fsp3) is 0.759. The molecule has 3 saturated heterocycles. The van der Waals surface area contributed by atoms with Crippen molar-refractivity contribution in [3.63, 3.8) is 0 Å². The first-order chi connectivity index (χ1) is 18.9. The molecule has 1 spiro atoms. The van der Waals surface area contributed by atoms with E-state index in [0.29, 0.717) is 32.9 Å². The second kappa shape index (κ2) is 12.3. The second-order valence-corrected chi connectivity index (χ2v) is 12.9. The molecule has 5 aliphatic heterocycles. The van der Waals surface area contributed by atoms with Crippen molar-refractivity contribution in [2.45, 2.75) is 61.6 Å². The molecule has 10 heteroatoms. The summed E-state index contributed by atoms with van der Waals surface area (Å²) in [5.74, 6) is -2.06. The predicted molar refractivity (Wildman–Crippen MR) is 149 cm³/mol. The number of thioether (sulfide) groups is 1. The molecule has 0 saturated carbocycles. The van der Waals surface area contributed by atoms with Crippen LogP contribution >= 0.6 is 11.8 Å². The summed E-state index contributed by atoms with van der Waals surface area (Å²) < 4.78 is 10.3. The molecular weight excluding hydrogens is 518 g/mol. The molecule has 39 heavy (non-hydrogen) atoms. The third kappa shape index (κ3) is 5.29. The minimum absolute atomic E-state index is 0.00616. The molecule has 9 nitrogen and oxygen atoms in total. The molecule has 0 aromatic rings. The molecule has 7 atom stereocenters. The highest BCUT2D eigenvalue weighted by Gasteiger charge is 2.71. The zero-order valence-electron chi connectivity index (χ0n) is 23.2. The lowest BCUT2D eigenvalue weighted by Crippen LogP contribution is -2.58. The first-order valence-electron chi connectivity index (χ1n) is 14.6. The summed E-state index contributed by atoms with van der Waals surface area (Å²) in [5.41, 5.74) is 0. The van der Waals surface area contributed by atoms with E-state index in [1.165, 1.54) is 0 Å². The minimum atomic E-state index is -0.893. The Balaban J connectivity index is 1.53. The zero-order chi connectivity index (χ0) is 27.6. The van der Waals surface area contributed by atoms with Crippen LogP contribution in [0.4, 0.5) is 0 Å². The highest BCUT2D eigenvalue weighted by molar-refractivity contribution is 8.02. The van der Waals surface area contributed by atoms with Crippen LogP contribution in [0.5, 0.6) is 0 Å². The van der Waals surface area contributed by atoms with Gasteiger partial charge in [-0.05, 0) is 25.2 Å². The van der Waals surface area contributed by atoms with Gasteiger partial charge in [0.25, 0.3) is 0 Å². The van der Waals surface area contributed by atoms with E-state index in [4.69, 9.17) is 9.47 Å². The fourth-order valence-corrected chi connectivity index (χ4v) is 8.85. The molecule has 0 aliphatic carbocycles. The number of hydrogen-bond donors (Lipinski definition) is 1. The van der Waals surface area contributed by atoms with Gasteiger partial charge in [0, 0.05) is 38.0 Å². The number of carbonyl (C=O) groups excluding carboxylic acids is 3. The maximum absolute atomic E-state index is 14.5. The van der Waals surface area contributed by atoms with Crippen molar-refractivity contribution in [3.05, 3.63) is 24.3 Å². The molecule has 5 aliphatic rings. The van der Waals surface area contributed by atoms with Gasteiger partial charge in [-0.2, -0.15) is 0 Å². The lowest BCUT2D eigenvalue weighted by Gasteiger charge is -2.40. The lowest BCUT2D eigenvalue weighted by atomic mass is 9.78. The van der Waals surface area contributed by atoms with Crippen molar-refractivity contribution < 1.29 is 29.0 Å². The molecule has 2 amide bonds. The Hall–Kier alpha value is -1.88. The van der Waals surface area contributed by atoms with Gasteiger partial charge < -0.3 is 24.4 Å². The number of allylic oxidation sites excluding steroid dienone is 1. The van der Waals surface area contributed by atoms with E-state index in [-0.39, 0.29) is 35.6 Å². The van der Waals surface area contributed by atoms with Gasteiger partial charge in [-0.3, -0.25) is 19.3 Å². The average molecular weight is 562 g/mol. The number of nitrogens with zero attached hydrogens (tertiary/aromatic N) is 3. The van der Waals surface area contributed by atoms with Gasteiger partial charge in [-0.1, -0.05) is 44.6 Å². The van der Waals surface area contributed by atoms with Crippen LogP contribution in [0.2, 0.25) is 0 Å². The maximum Gasteiger partial charge on any atom is 0.311 e. The highest BCUT2D eigenvalue weighted by Crippen LogP contribution is 2.61. The van der Waals surface area contributed by atoms with E-state index < -0.39 is 28.7 Å². The molecular formula is C29H43N3O6S. The summed E-state index contributed by atoms with van der Waals surface area (Å²) in [6.45, 7) is 8.97. The van der Waals surface area contributed by atoms with Crippen molar-refractivity contribution >= 4 is 29.5 Å². The topological polar surface area (TPSA) is 99.6 Å². The molecule has 3 fully saturated rings. The van der Waals surface area contributed by atoms with Crippen molar-refractivity contribution in [1.82, 2.24) is 14.7 Å². The Morgan fingerprint density at radius 2 is 1.90 bits per heavy atom. The van der Waals surface area contributed by atoms with Crippen LogP contribution in [0.3, 0.4) is 0 Å². The lowest BCUT2D eigenvalue weighted by molar-refractivity contribution is -0.154. The Morgan fingerprint density at radius 3 is 2.64 bits per heavy atom. The number of rotatable bonds is 7. The molecule has 0 bridgehead atoms. The molecule has 0 aromatic heterocycles. The average Bonchev–Trinajstić information content (AvgIpc) is 3.34. The Morgan fingerprint density at radius 1 is 1.10 bits per heavy atom. The number of amides is 2. The quantitative estimate of drug-likeness (QED) is 0.371. The number of likely N-dealkylation sites (tertiary alicyclic amines) is 1. The predicted octanol–water partition coefficient (Wildman–Crippen LogP) is 1.70. The number of fused-ring (bicyclic) bond motifs is 2. The van der Waals surface area contributed by atoms with E-state index in [2.05, 4.69) is 17.1 Å². The molecule has 0 aromatic carbocycles. The molecule has 1 N–H and O–H groups in total. The number of esters is 1. The smallest absolute Gasteiger partial charge is 0.311 e. The van der Waals surface area contributed by atoms with E-state index in [1.54, 1.807) is 16.7 Å². The van der Waals surface area contributed by atoms with Crippen LogP contribution in [0.25, 0.3) is 0 Å². The van der Waals surface area contributed by atoms with Gasteiger partial charge in [-0.25, -0.2) is 0 Å². The molecule has 5 heterocycles. The number of hydrogen-bond acceptors (Lipinski definition) is 8. The first kappa shape index (κ1) is 28.6. The van der Waals surface area contributed by atoms with Crippen LogP contribution in [0.1, 0.15) is 39.5 Å². The van der Waals surface area contributed by atoms with E-state index in [9.17, 15) is 19.5 Å². The fourth-order valence-electron chi connectivity index (χ4n) is 6.86. The Labute approximate surface area is 235 Å². The van der Waals surface area contributed by atoms with Gasteiger partial charge in [-0.15, -0.1) is 11.8 Å².